The highest BCUT2D eigenvalue weighted by Gasteiger charge is 2.45. The number of fused-ring (bicyclic) bond motifs is 4. The summed E-state index contributed by atoms with van der Waals surface area (Å²) in [6.45, 7) is 2.22. The average Bonchev–Trinajstić information content (AvgIpc) is 3.61. The fourth-order valence-corrected chi connectivity index (χ4v) is 10.7. The molecule has 0 radical (unpaired) electrons. The van der Waals surface area contributed by atoms with E-state index in [4.69, 9.17) is 18.9 Å². The summed E-state index contributed by atoms with van der Waals surface area (Å²) in [5.74, 6) is 2.71. The minimum absolute atomic E-state index is 0.0621. The molecule has 11 heteroatoms. The highest BCUT2D eigenvalue weighted by Crippen LogP contribution is 2.58. The Morgan fingerprint density at radius 1 is 0.918 bits per heavy atom. The van der Waals surface area contributed by atoms with Gasteiger partial charge < -0.3 is 44.5 Å². The zero-order valence-corrected chi connectivity index (χ0v) is 29.7. The molecule has 1 saturated carbocycles. The number of phenolic OH excluding ortho intramolecular Hbond substituents is 3. The van der Waals surface area contributed by atoms with Gasteiger partial charge in [0.2, 0.25) is 11.5 Å². The van der Waals surface area contributed by atoms with Crippen molar-refractivity contribution in [3.05, 3.63) is 52.6 Å². The molecule has 2 heterocycles. The Hall–Kier alpha value is -3.12. The highest BCUT2D eigenvalue weighted by molar-refractivity contribution is 8.76. The van der Waals surface area contributed by atoms with Crippen LogP contribution in [0.1, 0.15) is 92.1 Å². The molecule has 0 spiro atoms. The molecule has 2 bridgehead atoms. The Morgan fingerprint density at radius 3 is 2.51 bits per heavy atom. The van der Waals surface area contributed by atoms with Gasteiger partial charge in [0.05, 0.1) is 19.8 Å². The van der Waals surface area contributed by atoms with Crippen molar-refractivity contribution in [2.45, 2.75) is 88.4 Å². The van der Waals surface area contributed by atoms with Crippen LogP contribution in [-0.4, -0.2) is 69.6 Å². The van der Waals surface area contributed by atoms with Crippen molar-refractivity contribution in [2.75, 3.05) is 31.8 Å². The minimum atomic E-state index is -1.06. The molecule has 7 rings (SSSR count). The van der Waals surface area contributed by atoms with Gasteiger partial charge in [0.1, 0.15) is 30.0 Å². The molecule has 4 aliphatic rings. The number of methoxy groups -OCH3 is 1. The van der Waals surface area contributed by atoms with Crippen LogP contribution in [0.5, 0.6) is 40.2 Å². The summed E-state index contributed by atoms with van der Waals surface area (Å²) >= 11 is 0. The largest absolute Gasteiger partial charge is 0.508 e. The van der Waals surface area contributed by atoms with Crippen LogP contribution < -0.4 is 18.9 Å². The van der Waals surface area contributed by atoms with E-state index < -0.39 is 12.2 Å². The third-order valence-corrected chi connectivity index (χ3v) is 13.1. The van der Waals surface area contributed by atoms with Gasteiger partial charge in [-0.2, -0.15) is 0 Å². The first kappa shape index (κ1) is 34.3. The Morgan fingerprint density at radius 2 is 1.73 bits per heavy atom. The maximum absolute atomic E-state index is 12.3. The zero-order valence-electron chi connectivity index (χ0n) is 28.0. The summed E-state index contributed by atoms with van der Waals surface area (Å²) in [7, 11) is 4.93. The number of aliphatic hydroxyl groups excluding tert-OH is 2. The Bertz CT molecular complexity index is 1670. The molecule has 3 aromatic carbocycles. The van der Waals surface area contributed by atoms with E-state index in [1.54, 1.807) is 22.9 Å². The maximum atomic E-state index is 12.3. The third-order valence-electron chi connectivity index (χ3n) is 10.7. The Balaban J connectivity index is 1.40. The van der Waals surface area contributed by atoms with Crippen LogP contribution in [0, 0.1) is 5.92 Å². The van der Waals surface area contributed by atoms with Gasteiger partial charge in [0.15, 0.2) is 17.6 Å². The molecule has 0 amide bonds. The normalized spacial score (nSPS) is 25.3. The van der Waals surface area contributed by atoms with Crippen molar-refractivity contribution < 1.29 is 44.5 Å². The molecule has 2 aliphatic heterocycles. The molecule has 3 aromatic rings. The molecule has 49 heavy (non-hydrogen) atoms. The molecule has 5 atom stereocenters. The summed E-state index contributed by atoms with van der Waals surface area (Å²) in [5.41, 5.74) is 5.20. The number of benzene rings is 3. The fourth-order valence-electron chi connectivity index (χ4n) is 8.11. The van der Waals surface area contributed by atoms with Crippen molar-refractivity contribution in [3.63, 3.8) is 0 Å². The van der Waals surface area contributed by atoms with Crippen molar-refractivity contribution in [1.82, 2.24) is 0 Å². The van der Waals surface area contributed by atoms with E-state index in [-0.39, 0.29) is 65.5 Å². The summed E-state index contributed by atoms with van der Waals surface area (Å²) in [4.78, 5) is 0. The van der Waals surface area contributed by atoms with E-state index in [1.807, 2.05) is 29.0 Å². The first-order chi connectivity index (χ1) is 23.8. The second-order valence-electron chi connectivity index (χ2n) is 13.8. The van der Waals surface area contributed by atoms with E-state index in [2.05, 4.69) is 6.92 Å². The molecule has 9 nitrogen and oxygen atoms in total. The van der Waals surface area contributed by atoms with Gasteiger partial charge in [0, 0.05) is 40.2 Å². The molecular weight excluding hydrogens is 665 g/mol. The standard InChI is InChI=1S/C38H46O9S2/c1-20-7-8-21-15-26-32(24-10-9-22(40)16-25(21)24)29(45-13-12-39)18-30-33(26)28(19-49-48-14-11-20)35(42)37(47-30)27-17-31(46-23-5-3-4-6-23)36(43)38(44-2)34(27)41/h9-10,16-18,20-21,23,28,35,37,39-43H,3-8,11-15,19H2,1-2H3/t20-,21-,28-,35+,37-/m0/s1. The minimum Gasteiger partial charge on any atom is -0.508 e. The van der Waals surface area contributed by atoms with Gasteiger partial charge in [0.25, 0.3) is 0 Å². The summed E-state index contributed by atoms with van der Waals surface area (Å²) in [6.07, 6.45) is 5.48. The van der Waals surface area contributed by atoms with Crippen LogP contribution in [0.25, 0.3) is 11.1 Å². The number of hydrogen-bond acceptors (Lipinski definition) is 11. The lowest BCUT2D eigenvalue weighted by atomic mass is 9.71. The van der Waals surface area contributed by atoms with Crippen LogP contribution in [-0.2, 0) is 6.42 Å². The fraction of sp³-hybridized carbons (Fsp3) is 0.526. The zero-order chi connectivity index (χ0) is 34.2. The second-order valence-corrected chi connectivity index (χ2v) is 16.4. The van der Waals surface area contributed by atoms with Gasteiger partial charge in [-0.15, -0.1) is 0 Å². The monoisotopic (exact) mass is 710 g/mol. The quantitative estimate of drug-likeness (QED) is 0.155. The van der Waals surface area contributed by atoms with Gasteiger partial charge in [-0.05, 0) is 91.7 Å². The van der Waals surface area contributed by atoms with Gasteiger partial charge in [-0.1, -0.05) is 41.0 Å². The van der Waals surface area contributed by atoms with Crippen molar-refractivity contribution >= 4 is 21.6 Å². The molecule has 0 unspecified atom stereocenters. The number of aliphatic hydroxyl groups is 2. The Labute approximate surface area is 295 Å². The van der Waals surface area contributed by atoms with Gasteiger partial charge >= 0.3 is 0 Å². The molecular formula is C38H46O9S2. The lowest BCUT2D eigenvalue weighted by Gasteiger charge is -2.41. The SMILES string of the molecule is COc1c(O)c(OC2CCCC2)cc([C@@H]2Oc3cc(OCCO)c4c5c3[C@H](CSSCC[C@@H](C)CC[C@@H](C5)c3cc(O)ccc3-4)[C@H]2O)c1O. The van der Waals surface area contributed by atoms with Gasteiger partial charge in [-0.3, -0.25) is 0 Å². The molecule has 0 saturated heterocycles. The third kappa shape index (κ3) is 6.59. The average molecular weight is 711 g/mol. The van der Waals surface area contributed by atoms with Crippen LogP contribution in [0.3, 0.4) is 0 Å². The smallest absolute Gasteiger partial charge is 0.207 e. The molecule has 0 aromatic heterocycles. The maximum Gasteiger partial charge on any atom is 0.207 e. The number of phenols is 3. The molecule has 2 aliphatic carbocycles. The van der Waals surface area contributed by atoms with E-state index in [0.29, 0.717) is 29.6 Å². The molecule has 264 valence electrons. The van der Waals surface area contributed by atoms with Crippen molar-refractivity contribution in [3.8, 4) is 51.4 Å². The van der Waals surface area contributed by atoms with Crippen molar-refractivity contribution in [1.29, 1.82) is 0 Å². The Kier molecular flexibility index (Phi) is 10.2. The summed E-state index contributed by atoms with van der Waals surface area (Å²) in [5, 5.41) is 55.2. The van der Waals surface area contributed by atoms with E-state index in [1.165, 1.54) is 7.11 Å². The van der Waals surface area contributed by atoms with E-state index in [9.17, 15) is 25.5 Å². The predicted octanol–water partition coefficient (Wildman–Crippen LogP) is 7.59. The number of aromatic hydroxyl groups is 3. The topological polar surface area (TPSA) is 138 Å². The van der Waals surface area contributed by atoms with Crippen LogP contribution in [0.15, 0.2) is 30.3 Å². The number of hydrogen-bond donors (Lipinski definition) is 5. The van der Waals surface area contributed by atoms with Gasteiger partial charge in [-0.25, -0.2) is 0 Å². The highest BCUT2D eigenvalue weighted by atomic mass is 33.1. The van der Waals surface area contributed by atoms with Crippen LogP contribution in [0.4, 0.5) is 0 Å². The predicted molar refractivity (Wildman–Crippen MR) is 192 cm³/mol. The molecule has 1 fully saturated rings. The summed E-state index contributed by atoms with van der Waals surface area (Å²) < 4.78 is 24.6. The number of ether oxygens (including phenoxy) is 4. The molecule has 5 N–H and O–H groups in total. The number of rotatable bonds is 7. The lowest BCUT2D eigenvalue weighted by molar-refractivity contribution is 0.00285. The lowest BCUT2D eigenvalue weighted by Crippen LogP contribution is -2.37. The second kappa shape index (κ2) is 14.6. The van der Waals surface area contributed by atoms with Crippen LogP contribution in [0.2, 0.25) is 0 Å². The van der Waals surface area contributed by atoms with Crippen molar-refractivity contribution in [2.24, 2.45) is 5.92 Å². The first-order valence-electron chi connectivity index (χ1n) is 17.4. The first-order valence-corrected chi connectivity index (χ1v) is 19.9. The van der Waals surface area contributed by atoms with Crippen LogP contribution >= 0.6 is 21.6 Å². The van der Waals surface area contributed by atoms with E-state index in [0.717, 1.165) is 78.5 Å². The van der Waals surface area contributed by atoms with E-state index >= 15 is 0 Å². The summed E-state index contributed by atoms with van der Waals surface area (Å²) in [6, 6.07) is 8.94.